The quantitative estimate of drug-likeness (QED) is 0.620. The van der Waals surface area contributed by atoms with Gasteiger partial charge in [-0.1, -0.05) is 41.9 Å². The average molecular weight is 456 g/mol. The standard InChI is InChI=1S/C22H18ClN3O4S/c1-14-6-2-3-7-17(14)25-31(29,30)20-12-15(10-11-16(20)23)22(28)26-13-21(27)24-18-8-4-5-9-19(18)26/h2-12,25H,13H2,1H3,(H,24,27). The predicted octanol–water partition coefficient (Wildman–Crippen LogP) is 4.05. The molecule has 7 nitrogen and oxygen atoms in total. The molecule has 0 fully saturated rings. The first-order chi connectivity index (χ1) is 14.8. The maximum absolute atomic E-state index is 13.2. The van der Waals surface area contributed by atoms with Gasteiger partial charge in [0.1, 0.15) is 11.4 Å². The summed E-state index contributed by atoms with van der Waals surface area (Å²) in [6.07, 6.45) is 0. The lowest BCUT2D eigenvalue weighted by atomic mass is 10.1. The molecule has 4 rings (SSSR count). The highest BCUT2D eigenvalue weighted by Crippen LogP contribution is 2.32. The Balaban J connectivity index is 1.71. The Bertz CT molecular complexity index is 1310. The Morgan fingerprint density at radius 3 is 2.55 bits per heavy atom. The normalized spacial score (nSPS) is 13.4. The minimum atomic E-state index is -4.06. The molecule has 0 radical (unpaired) electrons. The average Bonchev–Trinajstić information content (AvgIpc) is 2.74. The van der Waals surface area contributed by atoms with E-state index >= 15 is 0 Å². The number of carbonyl (C=O) groups is 2. The number of benzene rings is 3. The molecule has 2 amide bonds. The van der Waals surface area contributed by atoms with Gasteiger partial charge in [-0.3, -0.25) is 19.2 Å². The lowest BCUT2D eigenvalue weighted by Gasteiger charge is -2.29. The summed E-state index contributed by atoms with van der Waals surface area (Å²) in [7, 11) is -4.06. The Morgan fingerprint density at radius 1 is 1.06 bits per heavy atom. The zero-order valence-corrected chi connectivity index (χ0v) is 18.0. The van der Waals surface area contributed by atoms with E-state index in [0.717, 1.165) is 5.56 Å². The molecule has 0 unspecified atom stereocenters. The summed E-state index contributed by atoms with van der Waals surface area (Å²) < 4.78 is 28.5. The number of aryl methyl sites for hydroxylation is 1. The van der Waals surface area contributed by atoms with Crippen LogP contribution in [0.25, 0.3) is 0 Å². The van der Waals surface area contributed by atoms with E-state index in [1.807, 2.05) is 0 Å². The largest absolute Gasteiger partial charge is 0.323 e. The van der Waals surface area contributed by atoms with Gasteiger partial charge in [0.15, 0.2) is 0 Å². The van der Waals surface area contributed by atoms with Crippen molar-refractivity contribution >= 4 is 50.5 Å². The number of halogens is 1. The Morgan fingerprint density at radius 2 is 1.77 bits per heavy atom. The molecule has 0 aliphatic carbocycles. The second-order valence-electron chi connectivity index (χ2n) is 7.02. The van der Waals surface area contributed by atoms with Crippen LogP contribution in [0, 0.1) is 6.92 Å². The first kappa shape index (κ1) is 20.9. The number of nitrogens with zero attached hydrogens (tertiary/aromatic N) is 1. The smallest absolute Gasteiger partial charge is 0.263 e. The van der Waals surface area contributed by atoms with E-state index in [4.69, 9.17) is 11.6 Å². The molecule has 9 heteroatoms. The van der Waals surface area contributed by atoms with Crippen molar-refractivity contribution < 1.29 is 18.0 Å². The fraction of sp³-hybridized carbons (Fsp3) is 0.0909. The number of fused-ring (bicyclic) bond motifs is 1. The molecule has 0 atom stereocenters. The van der Waals surface area contributed by atoms with Crippen molar-refractivity contribution in [3.8, 4) is 0 Å². The summed E-state index contributed by atoms with van der Waals surface area (Å²) in [6, 6.07) is 17.8. The van der Waals surface area contributed by atoms with Crippen LogP contribution in [0.4, 0.5) is 17.1 Å². The molecule has 2 N–H and O–H groups in total. The van der Waals surface area contributed by atoms with Crippen LogP contribution in [0.15, 0.2) is 71.6 Å². The van der Waals surface area contributed by atoms with Gasteiger partial charge < -0.3 is 5.32 Å². The van der Waals surface area contributed by atoms with Crippen molar-refractivity contribution in [1.82, 2.24) is 0 Å². The number of sulfonamides is 1. The molecule has 158 valence electrons. The fourth-order valence-electron chi connectivity index (χ4n) is 3.30. The number of hydrogen-bond acceptors (Lipinski definition) is 4. The van der Waals surface area contributed by atoms with Crippen molar-refractivity contribution in [3.05, 3.63) is 82.9 Å². The number of anilines is 3. The Hall–Kier alpha value is -3.36. The van der Waals surface area contributed by atoms with Crippen molar-refractivity contribution in [2.75, 3.05) is 21.5 Å². The summed E-state index contributed by atoms with van der Waals surface area (Å²) in [5.41, 5.74) is 2.29. The SMILES string of the molecule is Cc1ccccc1NS(=O)(=O)c1cc(C(=O)N2CC(=O)Nc3ccccc32)ccc1Cl. The Labute approximate surface area is 184 Å². The zero-order valence-electron chi connectivity index (χ0n) is 16.4. The van der Waals surface area contributed by atoms with Gasteiger partial charge in [0, 0.05) is 5.56 Å². The minimum absolute atomic E-state index is 0.0191. The van der Waals surface area contributed by atoms with Crippen LogP contribution in [0.3, 0.4) is 0 Å². The minimum Gasteiger partial charge on any atom is -0.323 e. The van der Waals surface area contributed by atoms with Gasteiger partial charge in [0.25, 0.3) is 15.9 Å². The van der Waals surface area contributed by atoms with Gasteiger partial charge in [-0.25, -0.2) is 8.42 Å². The van der Waals surface area contributed by atoms with Crippen LogP contribution >= 0.6 is 11.6 Å². The predicted molar refractivity (Wildman–Crippen MR) is 120 cm³/mol. The number of carbonyl (C=O) groups excluding carboxylic acids is 2. The third kappa shape index (κ3) is 4.12. The highest BCUT2D eigenvalue weighted by Gasteiger charge is 2.29. The maximum atomic E-state index is 13.2. The van der Waals surface area contributed by atoms with Crippen molar-refractivity contribution in [3.63, 3.8) is 0 Å². The third-order valence-corrected chi connectivity index (χ3v) is 6.72. The van der Waals surface area contributed by atoms with E-state index in [9.17, 15) is 18.0 Å². The summed E-state index contributed by atoms with van der Waals surface area (Å²) in [6.45, 7) is 1.60. The van der Waals surface area contributed by atoms with E-state index in [1.54, 1.807) is 55.5 Å². The van der Waals surface area contributed by atoms with Crippen molar-refractivity contribution in [2.24, 2.45) is 0 Å². The molecule has 1 heterocycles. The van der Waals surface area contributed by atoms with Gasteiger partial charge in [-0.2, -0.15) is 0 Å². The van der Waals surface area contributed by atoms with Gasteiger partial charge in [-0.05, 0) is 48.9 Å². The number of amides is 2. The first-order valence-electron chi connectivity index (χ1n) is 9.35. The summed E-state index contributed by atoms with van der Waals surface area (Å²) in [5.74, 6) is -0.846. The number of para-hydroxylation sites is 3. The molecule has 0 bridgehead atoms. The molecule has 0 saturated heterocycles. The lowest BCUT2D eigenvalue weighted by molar-refractivity contribution is -0.115. The molecular formula is C22H18ClN3O4S. The fourth-order valence-corrected chi connectivity index (χ4v) is 4.96. The molecule has 3 aromatic rings. The summed E-state index contributed by atoms with van der Waals surface area (Å²) in [4.78, 5) is 26.3. The molecule has 0 spiro atoms. The van der Waals surface area contributed by atoms with Gasteiger partial charge >= 0.3 is 0 Å². The van der Waals surface area contributed by atoms with E-state index < -0.39 is 15.9 Å². The number of rotatable bonds is 4. The third-order valence-electron chi connectivity index (χ3n) is 4.87. The van der Waals surface area contributed by atoms with Gasteiger partial charge in [0.05, 0.1) is 22.1 Å². The zero-order chi connectivity index (χ0) is 22.2. The molecule has 1 aliphatic rings. The van der Waals surface area contributed by atoms with Crippen molar-refractivity contribution in [2.45, 2.75) is 11.8 Å². The summed E-state index contributed by atoms with van der Waals surface area (Å²) >= 11 is 6.17. The van der Waals surface area contributed by atoms with Gasteiger partial charge in [-0.15, -0.1) is 0 Å². The second-order valence-corrected chi connectivity index (χ2v) is 9.08. The van der Waals surface area contributed by atoms with Crippen LogP contribution in [-0.2, 0) is 14.8 Å². The molecule has 0 aromatic heterocycles. The second kappa shape index (κ2) is 8.05. The number of nitrogens with one attached hydrogen (secondary N) is 2. The van der Waals surface area contributed by atoms with Crippen LogP contribution in [0.1, 0.15) is 15.9 Å². The molecule has 3 aromatic carbocycles. The molecule has 0 saturated carbocycles. The van der Waals surface area contributed by atoms with E-state index in [1.165, 1.54) is 23.1 Å². The van der Waals surface area contributed by atoms with Crippen LogP contribution < -0.4 is 14.9 Å². The van der Waals surface area contributed by atoms with Crippen LogP contribution in [0.5, 0.6) is 0 Å². The highest BCUT2D eigenvalue weighted by atomic mass is 35.5. The van der Waals surface area contributed by atoms with E-state index in [-0.39, 0.29) is 27.9 Å². The molecule has 1 aliphatic heterocycles. The Kier molecular flexibility index (Phi) is 5.43. The number of hydrogen-bond donors (Lipinski definition) is 2. The van der Waals surface area contributed by atoms with E-state index in [2.05, 4.69) is 10.0 Å². The van der Waals surface area contributed by atoms with Crippen molar-refractivity contribution in [1.29, 1.82) is 0 Å². The topological polar surface area (TPSA) is 95.6 Å². The van der Waals surface area contributed by atoms with E-state index in [0.29, 0.717) is 17.1 Å². The summed E-state index contributed by atoms with van der Waals surface area (Å²) in [5, 5.41) is 2.69. The highest BCUT2D eigenvalue weighted by molar-refractivity contribution is 7.92. The maximum Gasteiger partial charge on any atom is 0.263 e. The first-order valence-corrected chi connectivity index (χ1v) is 11.2. The lowest BCUT2D eigenvalue weighted by Crippen LogP contribution is -2.42. The monoisotopic (exact) mass is 455 g/mol. The van der Waals surface area contributed by atoms with Crippen LogP contribution in [-0.4, -0.2) is 26.8 Å². The molecular weight excluding hydrogens is 438 g/mol. The van der Waals surface area contributed by atoms with Crippen LogP contribution in [0.2, 0.25) is 5.02 Å². The molecule has 31 heavy (non-hydrogen) atoms. The van der Waals surface area contributed by atoms with Gasteiger partial charge in [0.2, 0.25) is 5.91 Å².